The molecule has 2 aromatic rings. The van der Waals surface area contributed by atoms with Gasteiger partial charge >= 0.3 is 0 Å². The van der Waals surface area contributed by atoms with E-state index in [0.717, 1.165) is 62.0 Å². The third-order valence-corrected chi connectivity index (χ3v) is 5.42. The molecule has 1 N–H and O–H groups in total. The summed E-state index contributed by atoms with van der Waals surface area (Å²) < 4.78 is 1.75. The lowest BCUT2D eigenvalue weighted by Gasteiger charge is -2.30. The molecule has 26 heavy (non-hydrogen) atoms. The van der Waals surface area contributed by atoms with Crippen LogP contribution in [0, 0.1) is 0 Å². The first kappa shape index (κ1) is 17.0. The average molecular weight is 354 g/mol. The summed E-state index contributed by atoms with van der Waals surface area (Å²) in [5.41, 5.74) is 2.34. The number of nitrogens with one attached hydrogen (secondary N) is 1. The van der Waals surface area contributed by atoms with Gasteiger partial charge in [0.1, 0.15) is 5.82 Å². The highest BCUT2D eigenvalue weighted by atomic mass is 16.1. The highest BCUT2D eigenvalue weighted by Crippen LogP contribution is 2.29. The lowest BCUT2D eigenvalue weighted by molar-refractivity contribution is 0.301. The van der Waals surface area contributed by atoms with Gasteiger partial charge in [-0.15, -0.1) is 0 Å². The highest BCUT2D eigenvalue weighted by Gasteiger charge is 2.25. The summed E-state index contributed by atoms with van der Waals surface area (Å²) in [6.45, 7) is 0. The second-order valence-corrected chi connectivity index (χ2v) is 7.54. The summed E-state index contributed by atoms with van der Waals surface area (Å²) >= 11 is 0. The van der Waals surface area contributed by atoms with Gasteiger partial charge in [0, 0.05) is 32.4 Å². The number of aryl methyl sites for hydroxylation is 2. The Kier molecular flexibility index (Phi) is 4.61. The lowest BCUT2D eigenvalue weighted by Crippen LogP contribution is -2.34. The van der Waals surface area contributed by atoms with E-state index in [4.69, 9.17) is 0 Å². The topological polar surface area (TPSA) is 75.9 Å². The second-order valence-electron chi connectivity index (χ2n) is 7.54. The maximum Gasteiger partial charge on any atom is 0.267 e. The number of hydrogen-bond donors (Lipinski definition) is 1. The van der Waals surface area contributed by atoms with Crippen molar-refractivity contribution in [2.75, 3.05) is 24.3 Å². The van der Waals surface area contributed by atoms with E-state index in [1.807, 2.05) is 31.1 Å². The molecule has 2 aliphatic carbocycles. The first-order chi connectivity index (χ1) is 12.6. The third-order valence-electron chi connectivity index (χ3n) is 5.42. The molecule has 138 valence electrons. The maximum atomic E-state index is 12.4. The number of fused-ring (bicyclic) bond motifs is 1. The van der Waals surface area contributed by atoms with Crippen molar-refractivity contribution in [2.45, 2.75) is 57.0 Å². The molecule has 2 aliphatic rings. The molecule has 0 unspecified atom stereocenters. The molecule has 0 atom stereocenters. The minimum atomic E-state index is 0.0634. The largest absolute Gasteiger partial charge is 0.367 e. The van der Waals surface area contributed by atoms with Crippen molar-refractivity contribution >= 4 is 11.8 Å². The van der Waals surface area contributed by atoms with Gasteiger partial charge < -0.3 is 10.2 Å². The van der Waals surface area contributed by atoms with E-state index in [-0.39, 0.29) is 11.6 Å². The van der Waals surface area contributed by atoms with Crippen molar-refractivity contribution in [1.82, 2.24) is 19.7 Å². The zero-order chi connectivity index (χ0) is 18.1. The van der Waals surface area contributed by atoms with Gasteiger partial charge in [-0.1, -0.05) is 0 Å². The van der Waals surface area contributed by atoms with Gasteiger partial charge in [-0.25, -0.2) is 9.67 Å². The van der Waals surface area contributed by atoms with Crippen LogP contribution in [0.3, 0.4) is 0 Å². The van der Waals surface area contributed by atoms with E-state index < -0.39 is 0 Å². The molecule has 0 amide bonds. The molecule has 0 aromatic carbocycles. The van der Waals surface area contributed by atoms with Gasteiger partial charge in [0.05, 0.1) is 11.7 Å². The van der Waals surface area contributed by atoms with Gasteiger partial charge in [-0.2, -0.15) is 10.1 Å². The number of aromatic nitrogens is 4. The van der Waals surface area contributed by atoms with Crippen molar-refractivity contribution in [3.05, 3.63) is 39.9 Å². The molecule has 0 radical (unpaired) electrons. The van der Waals surface area contributed by atoms with E-state index in [9.17, 15) is 4.79 Å². The molecule has 2 heterocycles. The molecule has 0 saturated heterocycles. The number of anilines is 2. The van der Waals surface area contributed by atoms with Gasteiger partial charge in [0.2, 0.25) is 5.95 Å². The van der Waals surface area contributed by atoms with Crippen LogP contribution in [0.4, 0.5) is 11.8 Å². The second kappa shape index (κ2) is 7.05. The molecule has 1 fully saturated rings. The monoisotopic (exact) mass is 354 g/mol. The molecule has 0 bridgehead atoms. The molecule has 7 heteroatoms. The van der Waals surface area contributed by atoms with Crippen LogP contribution in [0.1, 0.15) is 49.4 Å². The van der Waals surface area contributed by atoms with Crippen LogP contribution < -0.4 is 15.8 Å². The Balaban J connectivity index is 1.40. The van der Waals surface area contributed by atoms with Crippen LogP contribution in [0.2, 0.25) is 0 Å². The lowest BCUT2D eigenvalue weighted by atomic mass is 9.91. The normalized spacial score (nSPS) is 22.1. The van der Waals surface area contributed by atoms with Gasteiger partial charge in [-0.3, -0.25) is 4.79 Å². The fraction of sp³-hybridized carbons (Fsp3) is 0.579. The summed E-state index contributed by atoms with van der Waals surface area (Å²) in [4.78, 5) is 23.1. The quantitative estimate of drug-likeness (QED) is 0.907. The van der Waals surface area contributed by atoms with Crippen LogP contribution in [0.25, 0.3) is 0 Å². The van der Waals surface area contributed by atoms with Crippen LogP contribution in [0.5, 0.6) is 0 Å². The molecule has 2 aromatic heterocycles. The van der Waals surface area contributed by atoms with Crippen molar-refractivity contribution in [3.63, 3.8) is 0 Å². The van der Waals surface area contributed by atoms with E-state index in [1.165, 1.54) is 0 Å². The summed E-state index contributed by atoms with van der Waals surface area (Å²) in [5, 5.41) is 8.19. The molecular weight excluding hydrogens is 328 g/mol. The summed E-state index contributed by atoms with van der Waals surface area (Å²) in [7, 11) is 3.87. The Bertz CT molecular complexity index is 838. The smallest absolute Gasteiger partial charge is 0.267 e. The minimum absolute atomic E-state index is 0.0634. The predicted molar refractivity (Wildman–Crippen MR) is 102 cm³/mol. The van der Waals surface area contributed by atoms with Crippen molar-refractivity contribution in [2.24, 2.45) is 0 Å². The maximum absolute atomic E-state index is 12.4. The van der Waals surface area contributed by atoms with E-state index in [1.54, 1.807) is 10.9 Å². The van der Waals surface area contributed by atoms with Gasteiger partial charge in [0.25, 0.3) is 5.56 Å². The van der Waals surface area contributed by atoms with E-state index in [0.29, 0.717) is 12.0 Å². The number of rotatable bonds is 4. The summed E-state index contributed by atoms with van der Waals surface area (Å²) in [6, 6.07) is 4.31. The first-order valence-corrected chi connectivity index (χ1v) is 9.48. The molecular formula is C19H26N6O. The predicted octanol–water partition coefficient (Wildman–Crippen LogP) is 2.18. The fourth-order valence-electron chi connectivity index (χ4n) is 4.00. The summed E-state index contributed by atoms with van der Waals surface area (Å²) in [6.07, 6.45) is 8.87. The zero-order valence-electron chi connectivity index (χ0n) is 15.5. The van der Waals surface area contributed by atoms with Crippen LogP contribution >= 0.6 is 0 Å². The van der Waals surface area contributed by atoms with Crippen molar-refractivity contribution in [1.29, 1.82) is 0 Å². The van der Waals surface area contributed by atoms with E-state index >= 15 is 0 Å². The third kappa shape index (κ3) is 3.43. The van der Waals surface area contributed by atoms with Gasteiger partial charge in [-0.05, 0) is 56.6 Å². The Morgan fingerprint density at radius 2 is 2.00 bits per heavy atom. The molecule has 7 nitrogen and oxygen atoms in total. The van der Waals surface area contributed by atoms with Crippen LogP contribution in [-0.2, 0) is 12.8 Å². The van der Waals surface area contributed by atoms with Gasteiger partial charge in [0.15, 0.2) is 0 Å². The molecule has 4 rings (SSSR count). The SMILES string of the molecule is CN(C)c1nccc(NC2CCC(n3nc4c(cc3=O)CCC4)CC2)n1. The minimum Gasteiger partial charge on any atom is -0.367 e. The number of nitrogens with zero attached hydrogens (tertiary/aromatic N) is 5. The molecule has 0 spiro atoms. The van der Waals surface area contributed by atoms with Crippen LogP contribution in [0.15, 0.2) is 23.1 Å². The number of hydrogen-bond acceptors (Lipinski definition) is 6. The average Bonchev–Trinajstić information content (AvgIpc) is 3.09. The highest BCUT2D eigenvalue weighted by molar-refractivity contribution is 5.41. The van der Waals surface area contributed by atoms with Crippen molar-refractivity contribution in [3.8, 4) is 0 Å². The Labute approximate surface area is 153 Å². The molecule has 0 aliphatic heterocycles. The van der Waals surface area contributed by atoms with Crippen LogP contribution in [-0.4, -0.2) is 39.9 Å². The zero-order valence-corrected chi connectivity index (χ0v) is 15.5. The Morgan fingerprint density at radius 1 is 1.19 bits per heavy atom. The summed E-state index contributed by atoms with van der Waals surface area (Å²) in [5.74, 6) is 1.57. The fourth-order valence-corrected chi connectivity index (χ4v) is 4.00. The van der Waals surface area contributed by atoms with E-state index in [2.05, 4.69) is 20.4 Å². The molecule has 1 saturated carbocycles. The Hall–Kier alpha value is -2.44. The standard InChI is InChI=1S/C19H26N6O/c1-24(2)19-20-11-10-17(22-19)21-14-6-8-15(9-7-14)25-18(26)12-13-4-3-5-16(13)23-25/h10-12,14-15H,3-9H2,1-2H3,(H,20,21,22). The first-order valence-electron chi connectivity index (χ1n) is 9.48. The Morgan fingerprint density at radius 3 is 2.77 bits per heavy atom. The van der Waals surface area contributed by atoms with Crippen molar-refractivity contribution < 1.29 is 0 Å².